The third kappa shape index (κ3) is 2.94. The minimum atomic E-state index is -4.46. The molecule has 0 saturated carbocycles. The van der Waals surface area contributed by atoms with Gasteiger partial charge in [0.2, 0.25) is 0 Å². The molecule has 106 valence electrons. The topological polar surface area (TPSA) is 38.9 Å². The Morgan fingerprint density at radius 1 is 1.25 bits per heavy atom. The molecule has 2 aromatic rings. The zero-order valence-corrected chi connectivity index (χ0v) is 11.3. The lowest BCUT2D eigenvalue weighted by Gasteiger charge is -2.14. The van der Waals surface area contributed by atoms with Gasteiger partial charge in [-0.1, -0.05) is 35.9 Å². The predicted octanol–water partition coefficient (Wildman–Crippen LogP) is 4.44. The average Bonchev–Trinajstić information content (AvgIpc) is 2.37. The molecule has 0 aliphatic heterocycles. The monoisotopic (exact) mass is 300 g/mol. The highest BCUT2D eigenvalue weighted by Crippen LogP contribution is 2.35. The van der Waals surface area contributed by atoms with Gasteiger partial charge in [-0.2, -0.15) is 13.2 Å². The second kappa shape index (κ2) is 5.42. The highest BCUT2D eigenvalue weighted by atomic mass is 35.5. The third-order valence-corrected chi connectivity index (χ3v) is 3.16. The molecule has 1 heterocycles. The first kappa shape index (κ1) is 14.8. The number of hydrogen-bond acceptors (Lipinski definition) is 2. The maximum Gasteiger partial charge on any atom is 0.417 e. The van der Waals surface area contributed by atoms with Gasteiger partial charge in [0.1, 0.15) is 0 Å². The number of nitrogens with two attached hydrogens (primary N) is 1. The number of nitrogens with zero attached hydrogens (tertiary/aromatic N) is 1. The van der Waals surface area contributed by atoms with Crippen LogP contribution in [0.15, 0.2) is 36.5 Å². The fraction of sp³-hybridized carbons (Fsp3) is 0.214. The van der Waals surface area contributed by atoms with Gasteiger partial charge in [0.15, 0.2) is 0 Å². The first-order valence-electron chi connectivity index (χ1n) is 5.88. The zero-order chi connectivity index (χ0) is 14.9. The lowest BCUT2D eigenvalue weighted by molar-refractivity contribution is -0.137. The van der Waals surface area contributed by atoms with E-state index in [1.165, 1.54) is 0 Å². The van der Waals surface area contributed by atoms with Crippen molar-refractivity contribution >= 4 is 11.6 Å². The average molecular weight is 301 g/mol. The highest BCUT2D eigenvalue weighted by Gasteiger charge is 2.31. The highest BCUT2D eigenvalue weighted by molar-refractivity contribution is 6.33. The normalized spacial score (nSPS) is 13.3. The van der Waals surface area contributed by atoms with Crippen LogP contribution in [0, 0.1) is 0 Å². The Balaban J connectivity index is 2.55. The summed E-state index contributed by atoms with van der Waals surface area (Å²) >= 11 is 5.94. The number of benzene rings is 1. The van der Waals surface area contributed by atoms with Crippen molar-refractivity contribution in [2.45, 2.75) is 19.1 Å². The summed E-state index contributed by atoms with van der Waals surface area (Å²) in [5.41, 5.74) is 6.70. The third-order valence-electron chi connectivity index (χ3n) is 2.87. The Labute approximate surface area is 119 Å². The van der Waals surface area contributed by atoms with Gasteiger partial charge >= 0.3 is 6.18 Å². The molecule has 1 aromatic heterocycles. The van der Waals surface area contributed by atoms with Crippen LogP contribution in [0.2, 0.25) is 5.02 Å². The fourth-order valence-electron chi connectivity index (χ4n) is 1.90. The summed E-state index contributed by atoms with van der Waals surface area (Å²) in [6, 6.07) is 7.71. The first-order chi connectivity index (χ1) is 9.30. The maximum atomic E-state index is 12.6. The van der Waals surface area contributed by atoms with Gasteiger partial charge in [0.25, 0.3) is 0 Å². The summed E-state index contributed by atoms with van der Waals surface area (Å²) < 4.78 is 37.8. The molecule has 6 heteroatoms. The molecule has 0 fully saturated rings. The van der Waals surface area contributed by atoms with E-state index in [1.807, 2.05) is 0 Å². The Morgan fingerprint density at radius 3 is 2.45 bits per heavy atom. The summed E-state index contributed by atoms with van der Waals surface area (Å²) in [6.45, 7) is 1.79. The number of alkyl halides is 3. The lowest BCUT2D eigenvalue weighted by Crippen LogP contribution is -2.08. The maximum absolute atomic E-state index is 12.6. The summed E-state index contributed by atoms with van der Waals surface area (Å²) in [5.74, 6) is 0. The Hall–Kier alpha value is -1.59. The fourth-order valence-corrected chi connectivity index (χ4v) is 2.17. The Bertz CT molecular complexity index is 624. The van der Waals surface area contributed by atoms with E-state index in [4.69, 9.17) is 17.3 Å². The molecule has 0 aliphatic carbocycles. The van der Waals surface area contributed by atoms with Gasteiger partial charge in [-0.3, -0.25) is 4.98 Å². The van der Waals surface area contributed by atoms with Crippen molar-refractivity contribution in [3.8, 4) is 11.3 Å². The molecule has 2 N–H and O–H groups in total. The van der Waals surface area contributed by atoms with E-state index < -0.39 is 11.7 Å². The molecule has 0 spiro atoms. The minimum Gasteiger partial charge on any atom is -0.324 e. The molecule has 2 rings (SSSR count). The van der Waals surface area contributed by atoms with Gasteiger partial charge < -0.3 is 5.73 Å². The molecule has 0 amide bonds. The molecule has 20 heavy (non-hydrogen) atoms. The van der Waals surface area contributed by atoms with Crippen molar-refractivity contribution in [1.82, 2.24) is 4.98 Å². The Kier molecular flexibility index (Phi) is 4.01. The van der Waals surface area contributed by atoms with Gasteiger partial charge in [-0.05, 0) is 18.6 Å². The van der Waals surface area contributed by atoms with Crippen LogP contribution < -0.4 is 5.73 Å². The van der Waals surface area contributed by atoms with E-state index in [2.05, 4.69) is 4.98 Å². The van der Waals surface area contributed by atoms with E-state index in [9.17, 15) is 13.2 Å². The first-order valence-corrected chi connectivity index (χ1v) is 6.26. The Morgan fingerprint density at radius 2 is 1.90 bits per heavy atom. The largest absolute Gasteiger partial charge is 0.417 e. The van der Waals surface area contributed by atoms with Crippen LogP contribution in [0.3, 0.4) is 0 Å². The van der Waals surface area contributed by atoms with Gasteiger partial charge in [-0.15, -0.1) is 0 Å². The van der Waals surface area contributed by atoms with Crippen molar-refractivity contribution in [2.24, 2.45) is 5.73 Å². The summed E-state index contributed by atoms with van der Waals surface area (Å²) in [4.78, 5) is 3.85. The number of hydrogen-bond donors (Lipinski definition) is 1. The van der Waals surface area contributed by atoms with Crippen LogP contribution in [0.4, 0.5) is 13.2 Å². The molecule has 0 radical (unpaired) electrons. The molecule has 1 aromatic carbocycles. The standard InChI is InChI=1S/C14H12ClF3N2/c1-8(19)10-4-2-3-5-11(10)13-12(15)6-9(7-20-13)14(16,17)18/h2-8H,19H2,1H3. The lowest BCUT2D eigenvalue weighted by atomic mass is 9.99. The quantitative estimate of drug-likeness (QED) is 0.890. The number of pyridine rings is 1. The SMILES string of the molecule is CC(N)c1ccccc1-c1ncc(C(F)(F)F)cc1Cl. The minimum absolute atomic E-state index is 0.0482. The van der Waals surface area contributed by atoms with Crippen LogP contribution in [0.1, 0.15) is 24.1 Å². The van der Waals surface area contributed by atoms with E-state index >= 15 is 0 Å². The van der Waals surface area contributed by atoms with Crippen molar-refractivity contribution in [1.29, 1.82) is 0 Å². The number of rotatable bonds is 2. The van der Waals surface area contributed by atoms with E-state index in [-0.39, 0.29) is 11.1 Å². The van der Waals surface area contributed by atoms with Crippen LogP contribution in [-0.4, -0.2) is 4.98 Å². The second-order valence-corrected chi connectivity index (χ2v) is 4.84. The van der Waals surface area contributed by atoms with Gasteiger partial charge in [0.05, 0.1) is 16.3 Å². The van der Waals surface area contributed by atoms with Crippen molar-refractivity contribution in [3.63, 3.8) is 0 Å². The molecule has 2 nitrogen and oxygen atoms in total. The molecule has 0 bridgehead atoms. The van der Waals surface area contributed by atoms with E-state index in [0.29, 0.717) is 11.3 Å². The summed E-state index contributed by atoms with van der Waals surface area (Å²) in [7, 11) is 0. The smallest absolute Gasteiger partial charge is 0.324 e. The molecular weight excluding hydrogens is 289 g/mol. The van der Waals surface area contributed by atoms with E-state index in [1.54, 1.807) is 31.2 Å². The molecule has 1 unspecified atom stereocenters. The van der Waals surface area contributed by atoms with Crippen LogP contribution >= 0.6 is 11.6 Å². The summed E-state index contributed by atoms with van der Waals surface area (Å²) in [5, 5.41) is -0.0482. The predicted molar refractivity (Wildman–Crippen MR) is 72.3 cm³/mol. The van der Waals surface area contributed by atoms with E-state index in [0.717, 1.165) is 17.8 Å². The zero-order valence-electron chi connectivity index (χ0n) is 10.6. The van der Waals surface area contributed by atoms with Crippen LogP contribution in [-0.2, 0) is 6.18 Å². The molecule has 0 saturated heterocycles. The number of aromatic nitrogens is 1. The van der Waals surface area contributed by atoms with Crippen molar-refractivity contribution in [3.05, 3.63) is 52.7 Å². The van der Waals surface area contributed by atoms with Gasteiger partial charge in [-0.25, -0.2) is 0 Å². The molecule has 1 atom stereocenters. The van der Waals surface area contributed by atoms with Gasteiger partial charge in [0, 0.05) is 17.8 Å². The number of halogens is 4. The summed E-state index contributed by atoms with van der Waals surface area (Å²) in [6.07, 6.45) is -3.69. The molecular formula is C14H12ClF3N2. The van der Waals surface area contributed by atoms with Crippen LogP contribution in [0.25, 0.3) is 11.3 Å². The second-order valence-electron chi connectivity index (χ2n) is 4.43. The van der Waals surface area contributed by atoms with Crippen molar-refractivity contribution < 1.29 is 13.2 Å². The van der Waals surface area contributed by atoms with Crippen molar-refractivity contribution in [2.75, 3.05) is 0 Å². The molecule has 0 aliphatic rings. The van der Waals surface area contributed by atoms with Crippen LogP contribution in [0.5, 0.6) is 0 Å².